The van der Waals surface area contributed by atoms with E-state index in [1.807, 2.05) is 4.90 Å². The molecule has 1 aromatic rings. The minimum absolute atomic E-state index is 0.0889. The van der Waals surface area contributed by atoms with E-state index in [-0.39, 0.29) is 12.5 Å². The lowest BCUT2D eigenvalue weighted by Gasteiger charge is -2.29. The van der Waals surface area contributed by atoms with Gasteiger partial charge in [0.25, 0.3) is 0 Å². The van der Waals surface area contributed by atoms with E-state index in [9.17, 15) is 13.2 Å². The highest BCUT2D eigenvalue weighted by Crippen LogP contribution is 2.17. The first kappa shape index (κ1) is 16.0. The first-order valence-electron chi connectivity index (χ1n) is 6.41. The Morgan fingerprint density at radius 1 is 1.45 bits per heavy atom. The molecule has 1 saturated heterocycles. The van der Waals surface area contributed by atoms with Gasteiger partial charge in [0.2, 0.25) is 12.1 Å². The van der Waals surface area contributed by atoms with Crippen molar-refractivity contribution < 1.29 is 22.6 Å². The van der Waals surface area contributed by atoms with Crippen molar-refractivity contribution in [3.05, 3.63) is 23.9 Å². The fourth-order valence-electron chi connectivity index (χ4n) is 1.86. The van der Waals surface area contributed by atoms with E-state index < -0.39 is 12.8 Å². The molecule has 0 saturated carbocycles. The topological polar surface area (TPSA) is 70.7 Å². The van der Waals surface area contributed by atoms with Crippen LogP contribution in [0.3, 0.4) is 0 Å². The Morgan fingerprint density at radius 2 is 2.27 bits per heavy atom. The third kappa shape index (κ3) is 4.89. The number of halogens is 3. The Bertz CT molecular complexity index is 566. The predicted octanol–water partition coefficient (Wildman–Crippen LogP) is 1.73. The molecule has 0 atom stereocenters. The molecule has 6 nitrogen and oxygen atoms in total. The van der Waals surface area contributed by atoms with Crippen LogP contribution in [-0.2, 0) is 11.3 Å². The largest absolute Gasteiger partial charge is 0.468 e. The number of ether oxygens (including phenoxy) is 2. The molecular weight excluding hydrogens is 301 g/mol. The monoisotopic (exact) mass is 314 g/mol. The number of aliphatic imine (C=N–C) groups is 1. The summed E-state index contributed by atoms with van der Waals surface area (Å²) in [6.07, 6.45) is -1.24. The number of hydrogen-bond donors (Lipinski definition) is 0. The third-order valence-electron chi connectivity index (χ3n) is 2.84. The van der Waals surface area contributed by atoms with Crippen LogP contribution in [0.4, 0.5) is 13.2 Å². The lowest BCUT2D eigenvalue weighted by molar-refractivity contribution is -0.154. The maximum atomic E-state index is 12.0. The number of hydrogen-bond acceptors (Lipinski definition) is 5. The van der Waals surface area contributed by atoms with Crippen molar-refractivity contribution in [2.24, 2.45) is 4.99 Å². The van der Waals surface area contributed by atoms with Crippen LogP contribution in [0.2, 0.25) is 0 Å². The van der Waals surface area contributed by atoms with Gasteiger partial charge in [0.1, 0.15) is 12.4 Å². The van der Waals surface area contributed by atoms with Gasteiger partial charge >= 0.3 is 6.18 Å². The molecule has 22 heavy (non-hydrogen) atoms. The highest BCUT2D eigenvalue weighted by Gasteiger charge is 2.28. The van der Waals surface area contributed by atoms with Crippen molar-refractivity contribution >= 4 is 5.84 Å². The molecule has 2 rings (SSSR count). The van der Waals surface area contributed by atoms with Gasteiger partial charge in [-0.1, -0.05) is 6.07 Å². The summed E-state index contributed by atoms with van der Waals surface area (Å²) in [5.74, 6) is 0.431. The van der Waals surface area contributed by atoms with Crippen molar-refractivity contribution in [1.29, 1.82) is 5.26 Å². The molecule has 1 aromatic heterocycles. The Hall–Kier alpha value is -2.34. The van der Waals surface area contributed by atoms with E-state index in [0.29, 0.717) is 25.5 Å². The molecule has 1 aliphatic heterocycles. The summed E-state index contributed by atoms with van der Waals surface area (Å²) in [6, 6.07) is 3.00. The van der Waals surface area contributed by atoms with Gasteiger partial charge in [0, 0.05) is 25.4 Å². The molecule has 0 N–H and O–H groups in total. The Morgan fingerprint density at radius 3 is 2.91 bits per heavy atom. The summed E-state index contributed by atoms with van der Waals surface area (Å²) < 4.78 is 45.9. The number of nitriles is 1. The maximum absolute atomic E-state index is 12.0. The maximum Gasteiger partial charge on any atom is 0.422 e. The molecule has 0 aliphatic carbocycles. The van der Waals surface area contributed by atoms with Crippen LogP contribution in [0.15, 0.2) is 23.3 Å². The number of nitrogens with zero attached hydrogens (tertiary/aromatic N) is 4. The Labute approximate surface area is 124 Å². The molecule has 0 amide bonds. The molecular formula is C13H13F3N4O2. The highest BCUT2D eigenvalue weighted by molar-refractivity contribution is 5.84. The molecule has 1 aliphatic rings. The molecule has 118 valence electrons. The zero-order chi connectivity index (χ0) is 16.0. The van der Waals surface area contributed by atoms with Crippen LogP contribution >= 0.6 is 0 Å². The second-order valence-electron chi connectivity index (χ2n) is 4.51. The van der Waals surface area contributed by atoms with Gasteiger partial charge in [0.05, 0.1) is 6.61 Å². The SMILES string of the molecule is N#CN=C1COCCN1Cc1ccc(OCC(F)(F)F)nc1. The highest BCUT2D eigenvalue weighted by atomic mass is 19.4. The van der Waals surface area contributed by atoms with Gasteiger partial charge in [-0.25, -0.2) is 4.98 Å². The standard InChI is InChI=1S/C13H13F3N4O2/c14-13(15,16)8-22-12-2-1-10(5-18-12)6-20-3-4-21-7-11(20)19-9-17/h1-2,5H,3-4,6-8H2. The molecule has 0 aromatic carbocycles. The van der Waals surface area contributed by atoms with Crippen molar-refractivity contribution in [2.75, 3.05) is 26.4 Å². The summed E-state index contributed by atoms with van der Waals surface area (Å²) in [4.78, 5) is 9.38. The van der Waals surface area contributed by atoms with E-state index in [1.54, 1.807) is 12.3 Å². The van der Waals surface area contributed by atoms with Crippen LogP contribution in [-0.4, -0.2) is 48.3 Å². The average Bonchev–Trinajstić information content (AvgIpc) is 2.48. The second kappa shape index (κ2) is 7.09. The minimum atomic E-state index is -4.39. The summed E-state index contributed by atoms with van der Waals surface area (Å²) in [7, 11) is 0. The number of rotatable bonds is 4. The Kier molecular flexibility index (Phi) is 5.16. The number of aromatic nitrogens is 1. The molecule has 9 heteroatoms. The summed E-state index contributed by atoms with van der Waals surface area (Å²) >= 11 is 0. The first-order valence-corrected chi connectivity index (χ1v) is 6.41. The van der Waals surface area contributed by atoms with E-state index in [0.717, 1.165) is 5.56 Å². The molecule has 1 fully saturated rings. The van der Waals surface area contributed by atoms with Gasteiger partial charge in [-0.2, -0.15) is 23.4 Å². The summed E-state index contributed by atoms with van der Waals surface area (Å²) in [5.41, 5.74) is 0.770. The van der Waals surface area contributed by atoms with Crippen molar-refractivity contribution in [2.45, 2.75) is 12.7 Å². The van der Waals surface area contributed by atoms with Gasteiger partial charge in [-0.05, 0) is 5.56 Å². The fraction of sp³-hybridized carbons (Fsp3) is 0.462. The van der Waals surface area contributed by atoms with Crippen LogP contribution < -0.4 is 4.74 Å². The van der Waals surface area contributed by atoms with Crippen molar-refractivity contribution in [1.82, 2.24) is 9.88 Å². The smallest absolute Gasteiger partial charge is 0.422 e. The fourth-order valence-corrected chi connectivity index (χ4v) is 1.86. The van der Waals surface area contributed by atoms with Gasteiger partial charge in [0.15, 0.2) is 6.61 Å². The van der Waals surface area contributed by atoms with E-state index >= 15 is 0 Å². The number of morpholine rings is 1. The van der Waals surface area contributed by atoms with Gasteiger partial charge in [-0.3, -0.25) is 0 Å². The summed E-state index contributed by atoms with van der Waals surface area (Å²) in [5, 5.41) is 8.62. The van der Waals surface area contributed by atoms with Gasteiger partial charge < -0.3 is 14.4 Å². The quantitative estimate of drug-likeness (QED) is 0.792. The zero-order valence-corrected chi connectivity index (χ0v) is 11.5. The lowest BCUT2D eigenvalue weighted by Crippen LogP contribution is -2.41. The van der Waals surface area contributed by atoms with Crippen LogP contribution in [0.5, 0.6) is 5.88 Å². The zero-order valence-electron chi connectivity index (χ0n) is 11.5. The average molecular weight is 314 g/mol. The van der Waals surface area contributed by atoms with Crippen LogP contribution in [0, 0.1) is 11.5 Å². The minimum Gasteiger partial charge on any atom is -0.468 e. The van der Waals surface area contributed by atoms with Crippen LogP contribution in [0.1, 0.15) is 5.56 Å². The molecule has 0 spiro atoms. The summed E-state index contributed by atoms with van der Waals surface area (Å²) in [6.45, 7) is 0.420. The van der Waals surface area contributed by atoms with Gasteiger partial charge in [-0.15, -0.1) is 0 Å². The van der Waals surface area contributed by atoms with E-state index in [4.69, 9.17) is 10.00 Å². The van der Waals surface area contributed by atoms with Crippen molar-refractivity contribution in [3.63, 3.8) is 0 Å². The second-order valence-corrected chi connectivity index (χ2v) is 4.51. The molecule has 0 bridgehead atoms. The first-order chi connectivity index (χ1) is 10.5. The third-order valence-corrected chi connectivity index (χ3v) is 2.84. The van der Waals surface area contributed by atoms with Crippen molar-refractivity contribution in [3.8, 4) is 12.1 Å². The number of pyridine rings is 1. The van der Waals surface area contributed by atoms with E-state index in [2.05, 4.69) is 14.7 Å². The normalized spacial score (nSPS) is 17.4. The predicted molar refractivity (Wildman–Crippen MR) is 70.1 cm³/mol. The van der Waals surface area contributed by atoms with Crippen LogP contribution in [0.25, 0.3) is 0 Å². The molecule has 2 heterocycles. The Balaban J connectivity index is 1.96. The number of alkyl halides is 3. The lowest BCUT2D eigenvalue weighted by atomic mass is 10.2. The molecule has 0 unspecified atom stereocenters. The van der Waals surface area contributed by atoms with E-state index in [1.165, 1.54) is 12.3 Å². The number of amidine groups is 1. The molecule has 0 radical (unpaired) electrons.